The Kier molecular flexibility index (Phi) is 6.24. The van der Waals surface area contributed by atoms with Gasteiger partial charge in [-0.05, 0) is 37.8 Å². The van der Waals surface area contributed by atoms with Crippen molar-refractivity contribution in [3.05, 3.63) is 35.9 Å². The van der Waals surface area contributed by atoms with E-state index in [1.807, 2.05) is 18.2 Å². The Labute approximate surface area is 128 Å². The number of nitrogens with one attached hydrogen (secondary N) is 1. The molecule has 1 aromatic carbocycles. The summed E-state index contributed by atoms with van der Waals surface area (Å²) in [7, 11) is 0. The quantitative estimate of drug-likeness (QED) is 0.872. The second-order valence-corrected chi connectivity index (χ2v) is 5.95. The average Bonchev–Trinajstić information content (AvgIpc) is 2.55. The Morgan fingerprint density at radius 3 is 2.76 bits per heavy atom. The maximum absolute atomic E-state index is 12.8. The molecule has 3 nitrogen and oxygen atoms in total. The molecule has 0 aromatic heterocycles. The van der Waals surface area contributed by atoms with E-state index in [0.717, 1.165) is 44.5 Å². The van der Waals surface area contributed by atoms with E-state index in [0.29, 0.717) is 11.9 Å². The smallest absolute Gasteiger partial charge is 0.230 e. The van der Waals surface area contributed by atoms with Gasteiger partial charge >= 0.3 is 0 Å². The Balaban J connectivity index is 2.00. The first-order valence-corrected chi connectivity index (χ1v) is 8.33. The summed E-state index contributed by atoms with van der Waals surface area (Å²) in [6.45, 7) is 7.10. The van der Waals surface area contributed by atoms with E-state index in [-0.39, 0.29) is 5.92 Å². The number of piperidine rings is 1. The molecule has 1 fully saturated rings. The van der Waals surface area contributed by atoms with Gasteiger partial charge in [-0.15, -0.1) is 0 Å². The van der Waals surface area contributed by atoms with Crippen molar-refractivity contribution in [2.24, 2.45) is 0 Å². The van der Waals surface area contributed by atoms with Gasteiger partial charge in [0, 0.05) is 19.1 Å². The first-order chi connectivity index (χ1) is 10.3. The zero-order valence-electron chi connectivity index (χ0n) is 13.3. The second-order valence-electron chi connectivity index (χ2n) is 5.95. The third-order valence-corrected chi connectivity index (χ3v) is 4.32. The van der Waals surface area contributed by atoms with Gasteiger partial charge in [0.2, 0.25) is 5.91 Å². The molecule has 2 unspecified atom stereocenters. The predicted molar refractivity (Wildman–Crippen MR) is 87.4 cm³/mol. The summed E-state index contributed by atoms with van der Waals surface area (Å²) in [6.07, 6.45) is 4.31. The molecule has 0 aliphatic carbocycles. The monoisotopic (exact) mass is 288 g/mol. The molecular formula is C18H28N2O. The van der Waals surface area contributed by atoms with Gasteiger partial charge in [-0.1, -0.05) is 44.2 Å². The van der Waals surface area contributed by atoms with Crippen LogP contribution in [0.5, 0.6) is 0 Å². The number of carbonyl (C=O) groups is 1. The van der Waals surface area contributed by atoms with Crippen LogP contribution in [-0.4, -0.2) is 36.5 Å². The second kappa shape index (κ2) is 8.18. The van der Waals surface area contributed by atoms with Crippen LogP contribution in [0.4, 0.5) is 0 Å². The molecular weight excluding hydrogens is 260 g/mol. The van der Waals surface area contributed by atoms with E-state index in [1.165, 1.54) is 6.42 Å². The van der Waals surface area contributed by atoms with Gasteiger partial charge < -0.3 is 10.2 Å². The SMILES string of the molecule is CCCNC1CCCN(C(=O)C(CC)c2ccccc2)C1. The van der Waals surface area contributed by atoms with Gasteiger partial charge in [0.15, 0.2) is 0 Å². The maximum Gasteiger partial charge on any atom is 0.230 e. The van der Waals surface area contributed by atoms with Crippen LogP contribution in [0.2, 0.25) is 0 Å². The number of amides is 1. The average molecular weight is 288 g/mol. The van der Waals surface area contributed by atoms with E-state index >= 15 is 0 Å². The maximum atomic E-state index is 12.8. The lowest BCUT2D eigenvalue weighted by molar-refractivity contribution is -0.134. The van der Waals surface area contributed by atoms with E-state index in [4.69, 9.17) is 0 Å². The van der Waals surface area contributed by atoms with E-state index in [1.54, 1.807) is 0 Å². The molecule has 0 bridgehead atoms. The molecule has 0 radical (unpaired) electrons. The summed E-state index contributed by atoms with van der Waals surface area (Å²) in [5, 5.41) is 3.56. The number of carbonyl (C=O) groups excluding carboxylic acids is 1. The summed E-state index contributed by atoms with van der Waals surface area (Å²) in [4.78, 5) is 14.9. The van der Waals surface area contributed by atoms with Crippen molar-refractivity contribution >= 4 is 5.91 Å². The number of hydrogen-bond acceptors (Lipinski definition) is 2. The molecule has 0 spiro atoms. The van der Waals surface area contributed by atoms with Crippen molar-refractivity contribution in [3.63, 3.8) is 0 Å². The van der Waals surface area contributed by atoms with Crippen LogP contribution in [0.25, 0.3) is 0 Å². The Bertz CT molecular complexity index is 432. The summed E-state index contributed by atoms with van der Waals surface area (Å²) in [5.41, 5.74) is 1.15. The van der Waals surface area contributed by atoms with Gasteiger partial charge in [0.25, 0.3) is 0 Å². The third-order valence-electron chi connectivity index (χ3n) is 4.32. The fourth-order valence-electron chi connectivity index (χ4n) is 3.15. The molecule has 2 rings (SSSR count). The lowest BCUT2D eigenvalue weighted by atomic mass is 9.93. The zero-order chi connectivity index (χ0) is 15.1. The van der Waals surface area contributed by atoms with Crippen molar-refractivity contribution in [2.75, 3.05) is 19.6 Å². The highest BCUT2D eigenvalue weighted by Gasteiger charge is 2.28. The van der Waals surface area contributed by atoms with Crippen molar-refractivity contribution in [1.29, 1.82) is 0 Å². The molecule has 0 saturated carbocycles. The van der Waals surface area contributed by atoms with E-state index < -0.39 is 0 Å². The van der Waals surface area contributed by atoms with Crippen molar-refractivity contribution in [3.8, 4) is 0 Å². The third kappa shape index (κ3) is 4.31. The van der Waals surface area contributed by atoms with Crippen molar-refractivity contribution in [1.82, 2.24) is 10.2 Å². The van der Waals surface area contributed by atoms with Crippen LogP contribution in [0.15, 0.2) is 30.3 Å². The van der Waals surface area contributed by atoms with E-state index in [2.05, 4.69) is 36.2 Å². The zero-order valence-corrected chi connectivity index (χ0v) is 13.3. The number of hydrogen-bond donors (Lipinski definition) is 1. The standard InChI is InChI=1S/C18H28N2O/c1-3-12-19-16-11-8-13-20(14-16)18(21)17(4-2)15-9-6-5-7-10-15/h5-7,9-10,16-17,19H,3-4,8,11-14H2,1-2H3. The Morgan fingerprint density at radius 1 is 1.33 bits per heavy atom. The molecule has 3 heteroatoms. The first kappa shape index (κ1) is 16.0. The molecule has 1 heterocycles. The molecule has 1 aliphatic heterocycles. The number of benzene rings is 1. The lowest BCUT2D eigenvalue weighted by Crippen LogP contribution is -2.49. The lowest BCUT2D eigenvalue weighted by Gasteiger charge is -2.35. The predicted octanol–water partition coefficient (Wildman–Crippen LogP) is 3.17. The molecule has 1 amide bonds. The molecule has 1 aliphatic rings. The highest BCUT2D eigenvalue weighted by atomic mass is 16.2. The van der Waals surface area contributed by atoms with Crippen molar-refractivity contribution < 1.29 is 4.79 Å². The van der Waals surface area contributed by atoms with Crippen LogP contribution < -0.4 is 5.32 Å². The number of nitrogens with zero attached hydrogens (tertiary/aromatic N) is 1. The molecule has 1 N–H and O–H groups in total. The fraction of sp³-hybridized carbons (Fsp3) is 0.611. The van der Waals surface area contributed by atoms with Crippen LogP contribution in [0, 0.1) is 0 Å². The van der Waals surface area contributed by atoms with Crippen LogP contribution in [0.3, 0.4) is 0 Å². The van der Waals surface area contributed by atoms with E-state index in [9.17, 15) is 4.79 Å². The molecule has 2 atom stereocenters. The highest BCUT2D eigenvalue weighted by molar-refractivity contribution is 5.83. The Hall–Kier alpha value is -1.35. The minimum absolute atomic E-state index is 0.0103. The summed E-state index contributed by atoms with van der Waals surface area (Å²) in [6, 6.07) is 10.7. The summed E-state index contributed by atoms with van der Waals surface area (Å²) >= 11 is 0. The van der Waals surface area contributed by atoms with Gasteiger partial charge in [-0.3, -0.25) is 4.79 Å². The van der Waals surface area contributed by atoms with Gasteiger partial charge in [-0.2, -0.15) is 0 Å². The Morgan fingerprint density at radius 2 is 2.10 bits per heavy atom. The fourth-order valence-corrected chi connectivity index (χ4v) is 3.15. The van der Waals surface area contributed by atoms with Crippen molar-refractivity contribution in [2.45, 2.75) is 51.5 Å². The van der Waals surface area contributed by atoms with Crippen LogP contribution >= 0.6 is 0 Å². The molecule has 1 saturated heterocycles. The van der Waals surface area contributed by atoms with Crippen LogP contribution in [0.1, 0.15) is 51.0 Å². The number of rotatable bonds is 6. The van der Waals surface area contributed by atoms with Gasteiger partial charge in [-0.25, -0.2) is 0 Å². The first-order valence-electron chi connectivity index (χ1n) is 8.33. The molecule has 116 valence electrons. The highest BCUT2D eigenvalue weighted by Crippen LogP contribution is 2.24. The normalized spacial score (nSPS) is 20.3. The summed E-state index contributed by atoms with van der Waals surface area (Å²) in [5.74, 6) is 0.308. The molecule has 21 heavy (non-hydrogen) atoms. The van der Waals surface area contributed by atoms with Gasteiger partial charge in [0.1, 0.15) is 0 Å². The largest absolute Gasteiger partial charge is 0.341 e. The van der Waals surface area contributed by atoms with Crippen LogP contribution in [-0.2, 0) is 4.79 Å². The number of likely N-dealkylation sites (tertiary alicyclic amines) is 1. The van der Waals surface area contributed by atoms with Gasteiger partial charge in [0.05, 0.1) is 5.92 Å². The topological polar surface area (TPSA) is 32.3 Å². The minimum atomic E-state index is 0.0103. The summed E-state index contributed by atoms with van der Waals surface area (Å²) < 4.78 is 0. The molecule has 1 aromatic rings. The minimum Gasteiger partial charge on any atom is -0.341 e.